The van der Waals surface area contributed by atoms with Crippen molar-refractivity contribution < 1.29 is 84.0 Å². The number of aliphatic hydroxyl groups excluding tert-OH is 8. The number of rotatable bonds is 19. The van der Waals surface area contributed by atoms with E-state index in [0.29, 0.717) is 12.8 Å². The van der Waals surface area contributed by atoms with Crippen LogP contribution in [0, 0.1) is 11.8 Å². The second-order valence-electron chi connectivity index (χ2n) is 13.7. The SMILES string of the molecule is CCCCCCCC(C(=O)O[C@@]1(CO)O[C@H](OC2[C@@H](CO)O[C@@H](OC3[C@@H](CO)O[C@@H](O)[C@H](N)[C@H]3O)[C@H](N)[C@H]2O)[C@H](N)[C@@H](O)[C@@H]1O)C(CCC)C(=O)O. The van der Waals surface area contributed by atoms with Crippen LogP contribution in [0.3, 0.4) is 0 Å². The van der Waals surface area contributed by atoms with Crippen LogP contribution in [0.4, 0.5) is 0 Å². The van der Waals surface area contributed by atoms with E-state index in [9.17, 15) is 55.5 Å². The molecule has 3 rings (SSSR count). The van der Waals surface area contributed by atoms with Gasteiger partial charge in [0.2, 0.25) is 0 Å². The molecule has 0 amide bonds. The molecule has 0 aromatic rings. The number of ether oxygens (including phenoxy) is 6. The number of hydrogen-bond acceptors (Lipinski definition) is 19. The first-order chi connectivity index (χ1) is 24.6. The number of carbonyl (C=O) groups is 2. The van der Waals surface area contributed by atoms with Crippen LogP contribution in [0.25, 0.3) is 0 Å². The summed E-state index contributed by atoms with van der Waals surface area (Å²) in [6.07, 6.45) is -13.6. The summed E-state index contributed by atoms with van der Waals surface area (Å²) < 4.78 is 33.8. The molecule has 3 saturated heterocycles. The third-order valence-electron chi connectivity index (χ3n) is 10.0. The molecule has 3 fully saturated rings. The summed E-state index contributed by atoms with van der Waals surface area (Å²) in [6, 6.07) is -4.46. The first kappa shape index (κ1) is 44.7. The van der Waals surface area contributed by atoms with Gasteiger partial charge in [-0.2, -0.15) is 0 Å². The second-order valence-corrected chi connectivity index (χ2v) is 13.7. The van der Waals surface area contributed by atoms with Crippen LogP contribution in [0.2, 0.25) is 0 Å². The molecule has 0 aromatic carbocycles. The zero-order valence-corrected chi connectivity index (χ0v) is 29.5. The van der Waals surface area contributed by atoms with Gasteiger partial charge in [-0.15, -0.1) is 0 Å². The van der Waals surface area contributed by atoms with Gasteiger partial charge in [-0.3, -0.25) is 9.59 Å². The molecule has 0 aliphatic carbocycles. The molecule has 304 valence electrons. The second kappa shape index (κ2) is 20.3. The Balaban J connectivity index is 1.82. The number of carboxylic acids is 1. The van der Waals surface area contributed by atoms with Crippen molar-refractivity contribution in [3.8, 4) is 0 Å². The van der Waals surface area contributed by atoms with Crippen LogP contribution in [0.15, 0.2) is 0 Å². The van der Waals surface area contributed by atoms with Gasteiger partial charge < -0.3 is 91.6 Å². The smallest absolute Gasteiger partial charge is 0.312 e. The number of carbonyl (C=O) groups excluding carboxylic acids is 1. The Labute approximate surface area is 301 Å². The molecule has 0 spiro atoms. The summed E-state index contributed by atoms with van der Waals surface area (Å²) in [5.41, 5.74) is 18.1. The van der Waals surface area contributed by atoms with Crippen molar-refractivity contribution in [2.45, 2.75) is 157 Å². The highest BCUT2D eigenvalue weighted by Crippen LogP contribution is 2.37. The summed E-state index contributed by atoms with van der Waals surface area (Å²) >= 11 is 0. The Kier molecular flexibility index (Phi) is 17.4. The Bertz CT molecular complexity index is 1110. The summed E-state index contributed by atoms with van der Waals surface area (Å²) in [5.74, 6) is -7.42. The summed E-state index contributed by atoms with van der Waals surface area (Å²) in [4.78, 5) is 26.0. The molecular weight excluding hydrogens is 698 g/mol. The first-order valence-electron chi connectivity index (χ1n) is 17.9. The van der Waals surface area contributed by atoms with Crippen LogP contribution in [-0.4, -0.2) is 169 Å². The molecule has 20 nitrogen and oxygen atoms in total. The number of esters is 1. The van der Waals surface area contributed by atoms with E-state index in [1.165, 1.54) is 0 Å². The number of hydrogen-bond donors (Lipinski definition) is 12. The fourth-order valence-corrected chi connectivity index (χ4v) is 6.81. The zero-order valence-electron chi connectivity index (χ0n) is 29.5. The van der Waals surface area contributed by atoms with Crippen LogP contribution in [0.5, 0.6) is 0 Å². The maximum Gasteiger partial charge on any atom is 0.312 e. The minimum Gasteiger partial charge on any atom is -0.481 e. The Hall–Kier alpha value is -1.70. The third-order valence-corrected chi connectivity index (χ3v) is 10.0. The predicted octanol–water partition coefficient (Wildman–Crippen LogP) is -4.33. The lowest BCUT2D eigenvalue weighted by molar-refractivity contribution is -0.400. The first-order valence-corrected chi connectivity index (χ1v) is 17.9. The molecule has 3 heterocycles. The normalized spacial score (nSPS) is 40.9. The molecule has 15 N–H and O–H groups in total. The average Bonchev–Trinajstić information content (AvgIpc) is 3.12. The predicted molar refractivity (Wildman–Crippen MR) is 175 cm³/mol. The van der Waals surface area contributed by atoms with Crippen LogP contribution in [-0.2, 0) is 38.0 Å². The van der Waals surface area contributed by atoms with Gasteiger partial charge >= 0.3 is 11.9 Å². The van der Waals surface area contributed by atoms with E-state index in [1.54, 1.807) is 6.92 Å². The van der Waals surface area contributed by atoms with Gasteiger partial charge in [-0.1, -0.05) is 52.4 Å². The van der Waals surface area contributed by atoms with E-state index in [0.717, 1.165) is 25.7 Å². The molecule has 3 aliphatic heterocycles. The number of aliphatic carboxylic acids is 1. The van der Waals surface area contributed by atoms with E-state index in [1.807, 2.05) is 6.92 Å². The van der Waals surface area contributed by atoms with Crippen LogP contribution in [0.1, 0.15) is 65.2 Å². The van der Waals surface area contributed by atoms with Crippen molar-refractivity contribution in [2.24, 2.45) is 29.0 Å². The van der Waals surface area contributed by atoms with Gasteiger partial charge in [0.15, 0.2) is 18.9 Å². The van der Waals surface area contributed by atoms with E-state index >= 15 is 0 Å². The molecule has 20 heteroatoms. The Morgan fingerprint density at radius 3 is 1.83 bits per heavy atom. The fourth-order valence-electron chi connectivity index (χ4n) is 6.81. The van der Waals surface area contributed by atoms with Crippen LogP contribution < -0.4 is 17.2 Å². The number of aliphatic hydroxyl groups is 8. The molecule has 17 atom stereocenters. The molecule has 0 bridgehead atoms. The monoisotopic (exact) mass is 757 g/mol. The third kappa shape index (κ3) is 10.1. The molecular formula is C32H59N3O17. The number of nitrogens with two attached hydrogens (primary N) is 3. The highest BCUT2D eigenvalue weighted by atomic mass is 16.8. The molecule has 0 aromatic heterocycles. The lowest BCUT2D eigenvalue weighted by Crippen LogP contribution is -2.72. The van der Waals surface area contributed by atoms with Gasteiger partial charge in [-0.25, -0.2) is 0 Å². The van der Waals surface area contributed by atoms with Gasteiger partial charge in [-0.05, 0) is 12.8 Å². The highest BCUT2D eigenvalue weighted by molar-refractivity contribution is 5.81. The quantitative estimate of drug-likeness (QED) is 0.0438. The standard InChI is InChI=1S/C32H59N3O17/c1-3-5-6-7-8-10-15(14(9-4-2)27(43)44)28(45)51-32(13-38)26(42)23(41)20(35)31(52-32)50-25-17(12-37)48-30(19(34)22(25)40)49-24-16(11-36)47-29(46)18(33)21(24)39/h14-26,29-31,36-42,46H,3-13,33-35H2,1-2H3,(H,43,44)/t14?,15?,16-,17-,18-,19-,20-,21-,22-,23-,24?,25?,26+,29-,30+,31+,32+/m1/s1. The summed E-state index contributed by atoms with van der Waals surface area (Å²) in [5, 5.41) is 94.1. The van der Waals surface area contributed by atoms with E-state index < -0.39 is 135 Å². The Morgan fingerprint density at radius 2 is 1.27 bits per heavy atom. The largest absolute Gasteiger partial charge is 0.481 e. The van der Waals surface area contributed by atoms with Gasteiger partial charge in [0.25, 0.3) is 5.79 Å². The molecule has 4 unspecified atom stereocenters. The highest BCUT2D eigenvalue weighted by Gasteiger charge is 2.59. The lowest BCUT2D eigenvalue weighted by Gasteiger charge is -2.50. The van der Waals surface area contributed by atoms with Gasteiger partial charge in [0, 0.05) is 0 Å². The maximum absolute atomic E-state index is 13.7. The summed E-state index contributed by atoms with van der Waals surface area (Å²) in [7, 11) is 0. The molecule has 0 saturated carbocycles. The topological polar surface area (TPSA) is 350 Å². The number of unbranched alkanes of at least 4 members (excludes halogenated alkanes) is 4. The lowest BCUT2D eigenvalue weighted by atomic mass is 9.84. The minimum absolute atomic E-state index is 0.125. The molecule has 52 heavy (non-hydrogen) atoms. The van der Waals surface area contributed by atoms with Crippen molar-refractivity contribution in [1.29, 1.82) is 0 Å². The van der Waals surface area contributed by atoms with Crippen molar-refractivity contribution in [2.75, 3.05) is 19.8 Å². The van der Waals surface area contributed by atoms with Crippen molar-refractivity contribution in [3.63, 3.8) is 0 Å². The summed E-state index contributed by atoms with van der Waals surface area (Å²) in [6.45, 7) is 0.983. The zero-order chi connectivity index (χ0) is 38.9. The molecule has 3 aliphatic rings. The van der Waals surface area contributed by atoms with E-state index in [-0.39, 0.29) is 12.8 Å². The fraction of sp³-hybridized carbons (Fsp3) is 0.938. The Morgan fingerprint density at radius 1 is 0.712 bits per heavy atom. The molecule has 0 radical (unpaired) electrons. The van der Waals surface area contributed by atoms with Crippen molar-refractivity contribution in [1.82, 2.24) is 0 Å². The van der Waals surface area contributed by atoms with Crippen molar-refractivity contribution >= 4 is 11.9 Å². The minimum atomic E-state index is -2.71. The van der Waals surface area contributed by atoms with Gasteiger partial charge in [0.05, 0.1) is 43.2 Å². The van der Waals surface area contributed by atoms with Crippen LogP contribution >= 0.6 is 0 Å². The number of carboxylic acid groups (broad SMARTS) is 1. The average molecular weight is 758 g/mol. The maximum atomic E-state index is 13.7. The van der Waals surface area contributed by atoms with E-state index in [2.05, 4.69) is 0 Å². The van der Waals surface area contributed by atoms with E-state index in [4.69, 9.17) is 45.6 Å². The van der Waals surface area contributed by atoms with Crippen molar-refractivity contribution in [3.05, 3.63) is 0 Å². The van der Waals surface area contributed by atoms with Gasteiger partial charge in [0.1, 0.15) is 55.4 Å².